The van der Waals surface area contributed by atoms with Crippen molar-refractivity contribution >= 4 is 17.5 Å². The fraction of sp³-hybridized carbons (Fsp3) is 0.381. The third-order valence-electron chi connectivity index (χ3n) is 4.87. The lowest BCUT2D eigenvalue weighted by molar-refractivity contribution is -0.127. The molecule has 2 atom stereocenters. The molecule has 0 saturated carbocycles. The van der Waals surface area contributed by atoms with Crippen molar-refractivity contribution in [3.05, 3.63) is 59.7 Å². The van der Waals surface area contributed by atoms with Gasteiger partial charge in [-0.25, -0.2) is 4.39 Å². The molecule has 6 nitrogen and oxygen atoms in total. The van der Waals surface area contributed by atoms with E-state index in [4.69, 9.17) is 0 Å². The number of piperidine rings is 1. The number of nitrogens with zero attached hydrogens (tertiary/aromatic N) is 1. The van der Waals surface area contributed by atoms with Gasteiger partial charge in [-0.3, -0.25) is 14.6 Å². The molecule has 0 aliphatic carbocycles. The van der Waals surface area contributed by atoms with Gasteiger partial charge in [-0.1, -0.05) is 12.1 Å². The Morgan fingerprint density at radius 3 is 2.68 bits per heavy atom. The van der Waals surface area contributed by atoms with Gasteiger partial charge >= 0.3 is 0 Å². The van der Waals surface area contributed by atoms with Gasteiger partial charge in [0.2, 0.25) is 11.8 Å². The molecule has 1 aliphatic heterocycles. The Morgan fingerprint density at radius 2 is 1.96 bits per heavy atom. The van der Waals surface area contributed by atoms with Crippen LogP contribution in [0.5, 0.6) is 0 Å². The zero-order valence-electron chi connectivity index (χ0n) is 15.9. The quantitative estimate of drug-likeness (QED) is 0.712. The minimum atomic E-state index is -0.283. The molecular weight excluding hydrogens is 359 g/mol. The van der Waals surface area contributed by atoms with Crippen molar-refractivity contribution in [3.8, 4) is 0 Å². The first-order valence-electron chi connectivity index (χ1n) is 9.47. The minimum absolute atomic E-state index is 0.0848. The Kier molecular flexibility index (Phi) is 6.71. The summed E-state index contributed by atoms with van der Waals surface area (Å²) in [6.07, 6.45) is 2.68. The number of rotatable bonds is 6. The standard InChI is InChI=1S/C21H25FN4O2/c1-14-5-6-19(13-25-14)26-21(28)17-10-16(11-23-12-17)20(27)24-8-7-15-3-2-4-18(22)9-15/h2-6,9,13,16-17,23H,7-8,10-12H2,1H3,(H,24,27)(H,26,28). The number of hydrogen-bond acceptors (Lipinski definition) is 4. The van der Waals surface area contributed by atoms with Crippen LogP contribution in [0.25, 0.3) is 0 Å². The van der Waals surface area contributed by atoms with Crippen LogP contribution in [0.4, 0.5) is 10.1 Å². The Bertz CT molecular complexity index is 825. The van der Waals surface area contributed by atoms with Gasteiger partial charge in [-0.05, 0) is 49.6 Å². The maximum Gasteiger partial charge on any atom is 0.228 e. The van der Waals surface area contributed by atoms with E-state index in [-0.39, 0.29) is 29.5 Å². The lowest BCUT2D eigenvalue weighted by Gasteiger charge is -2.28. The van der Waals surface area contributed by atoms with Gasteiger partial charge in [0.05, 0.1) is 23.7 Å². The summed E-state index contributed by atoms with van der Waals surface area (Å²) < 4.78 is 13.2. The number of pyridine rings is 1. The molecule has 0 spiro atoms. The highest BCUT2D eigenvalue weighted by atomic mass is 19.1. The molecule has 2 unspecified atom stereocenters. The molecule has 1 fully saturated rings. The number of aromatic nitrogens is 1. The third kappa shape index (κ3) is 5.60. The van der Waals surface area contributed by atoms with Crippen LogP contribution in [-0.2, 0) is 16.0 Å². The Balaban J connectivity index is 1.47. The lowest BCUT2D eigenvalue weighted by atomic mass is 9.89. The van der Waals surface area contributed by atoms with Gasteiger partial charge in [0.1, 0.15) is 5.82 Å². The van der Waals surface area contributed by atoms with Gasteiger partial charge in [0.25, 0.3) is 0 Å². The number of anilines is 1. The zero-order valence-corrected chi connectivity index (χ0v) is 15.9. The number of carbonyl (C=O) groups excluding carboxylic acids is 2. The van der Waals surface area contributed by atoms with Crippen molar-refractivity contribution in [2.45, 2.75) is 19.8 Å². The Morgan fingerprint density at radius 1 is 1.18 bits per heavy atom. The van der Waals surface area contributed by atoms with E-state index in [0.29, 0.717) is 38.2 Å². The van der Waals surface area contributed by atoms with E-state index in [0.717, 1.165) is 11.3 Å². The number of amides is 2. The average Bonchev–Trinajstić information content (AvgIpc) is 2.70. The second-order valence-electron chi connectivity index (χ2n) is 7.14. The second kappa shape index (κ2) is 9.41. The molecule has 0 radical (unpaired) electrons. The first-order valence-corrected chi connectivity index (χ1v) is 9.47. The SMILES string of the molecule is Cc1ccc(NC(=O)C2CNCC(C(=O)NCCc3cccc(F)c3)C2)cn1. The molecule has 2 aromatic rings. The van der Waals surface area contributed by atoms with Crippen molar-refractivity contribution in [2.75, 3.05) is 25.0 Å². The van der Waals surface area contributed by atoms with Crippen LogP contribution in [0, 0.1) is 24.6 Å². The van der Waals surface area contributed by atoms with Crippen molar-refractivity contribution < 1.29 is 14.0 Å². The van der Waals surface area contributed by atoms with Crippen molar-refractivity contribution in [2.24, 2.45) is 11.8 Å². The zero-order chi connectivity index (χ0) is 19.9. The summed E-state index contributed by atoms with van der Waals surface area (Å²) in [6.45, 7) is 3.40. The summed E-state index contributed by atoms with van der Waals surface area (Å²) in [6, 6.07) is 10.0. The highest BCUT2D eigenvalue weighted by Crippen LogP contribution is 2.19. The van der Waals surface area contributed by atoms with Gasteiger partial charge in [-0.2, -0.15) is 0 Å². The normalized spacial score (nSPS) is 19.1. The van der Waals surface area contributed by atoms with Crippen molar-refractivity contribution in [1.82, 2.24) is 15.6 Å². The highest BCUT2D eigenvalue weighted by molar-refractivity contribution is 5.93. The summed E-state index contributed by atoms with van der Waals surface area (Å²) in [5.74, 6) is -1.03. The van der Waals surface area contributed by atoms with Gasteiger partial charge in [0.15, 0.2) is 0 Å². The van der Waals surface area contributed by atoms with Crippen LogP contribution in [-0.4, -0.2) is 36.4 Å². The average molecular weight is 384 g/mol. The molecule has 1 saturated heterocycles. The third-order valence-corrected chi connectivity index (χ3v) is 4.87. The highest BCUT2D eigenvalue weighted by Gasteiger charge is 2.31. The summed E-state index contributed by atoms with van der Waals surface area (Å²) in [5.41, 5.74) is 2.37. The molecule has 1 aromatic heterocycles. The van der Waals surface area contributed by atoms with Crippen LogP contribution in [0.3, 0.4) is 0 Å². The van der Waals surface area contributed by atoms with E-state index >= 15 is 0 Å². The van der Waals surface area contributed by atoms with E-state index in [9.17, 15) is 14.0 Å². The maximum absolute atomic E-state index is 13.2. The van der Waals surface area contributed by atoms with Crippen LogP contribution in [0.15, 0.2) is 42.6 Å². The van der Waals surface area contributed by atoms with E-state index in [1.54, 1.807) is 12.3 Å². The first-order chi connectivity index (χ1) is 13.5. The van der Waals surface area contributed by atoms with Crippen LogP contribution in [0.2, 0.25) is 0 Å². The predicted molar refractivity (Wildman–Crippen MR) is 105 cm³/mol. The number of carbonyl (C=O) groups is 2. The van der Waals surface area contributed by atoms with Crippen molar-refractivity contribution in [3.63, 3.8) is 0 Å². The monoisotopic (exact) mass is 384 g/mol. The summed E-state index contributed by atoms with van der Waals surface area (Å²) in [4.78, 5) is 29.1. The fourth-order valence-electron chi connectivity index (χ4n) is 3.29. The number of benzene rings is 1. The molecule has 1 aliphatic rings. The van der Waals surface area contributed by atoms with Crippen LogP contribution in [0.1, 0.15) is 17.7 Å². The van der Waals surface area contributed by atoms with E-state index < -0.39 is 0 Å². The van der Waals surface area contributed by atoms with Gasteiger partial charge in [0, 0.05) is 25.3 Å². The van der Waals surface area contributed by atoms with E-state index in [1.807, 2.05) is 25.1 Å². The topological polar surface area (TPSA) is 83.1 Å². The van der Waals surface area contributed by atoms with Crippen LogP contribution < -0.4 is 16.0 Å². The van der Waals surface area contributed by atoms with Gasteiger partial charge in [-0.15, -0.1) is 0 Å². The van der Waals surface area contributed by atoms with Gasteiger partial charge < -0.3 is 16.0 Å². The summed E-state index contributed by atoms with van der Waals surface area (Å²) in [7, 11) is 0. The Hall–Kier alpha value is -2.80. The van der Waals surface area contributed by atoms with Crippen LogP contribution >= 0.6 is 0 Å². The largest absolute Gasteiger partial charge is 0.355 e. The molecule has 2 amide bonds. The second-order valence-corrected chi connectivity index (χ2v) is 7.14. The number of halogens is 1. The summed E-state index contributed by atoms with van der Waals surface area (Å²) >= 11 is 0. The molecular formula is C21H25FN4O2. The molecule has 7 heteroatoms. The predicted octanol–water partition coefficient (Wildman–Crippen LogP) is 2.05. The smallest absolute Gasteiger partial charge is 0.228 e. The minimum Gasteiger partial charge on any atom is -0.355 e. The number of nitrogens with one attached hydrogen (secondary N) is 3. The molecule has 3 rings (SSSR count). The first kappa shape index (κ1) is 19.9. The fourth-order valence-corrected chi connectivity index (χ4v) is 3.29. The molecule has 148 valence electrons. The molecule has 2 heterocycles. The molecule has 3 N–H and O–H groups in total. The van der Waals surface area contributed by atoms with E-state index in [2.05, 4.69) is 20.9 Å². The maximum atomic E-state index is 13.2. The lowest BCUT2D eigenvalue weighted by Crippen LogP contribution is -2.47. The van der Waals surface area contributed by atoms with E-state index in [1.165, 1.54) is 12.1 Å². The number of hydrogen-bond donors (Lipinski definition) is 3. The molecule has 28 heavy (non-hydrogen) atoms. The number of aryl methyl sites for hydroxylation is 1. The summed E-state index contributed by atoms with van der Waals surface area (Å²) in [5, 5.41) is 8.92. The van der Waals surface area contributed by atoms with Crippen molar-refractivity contribution in [1.29, 1.82) is 0 Å². The molecule has 0 bridgehead atoms. The Labute approximate surface area is 163 Å². The molecule has 1 aromatic carbocycles.